The summed E-state index contributed by atoms with van der Waals surface area (Å²) in [6.07, 6.45) is 3.75. The summed E-state index contributed by atoms with van der Waals surface area (Å²) in [5.41, 5.74) is 1.22. The van der Waals surface area contributed by atoms with Crippen LogP contribution in [0.25, 0.3) is 0 Å². The van der Waals surface area contributed by atoms with Crippen molar-refractivity contribution in [1.82, 2.24) is 9.78 Å². The van der Waals surface area contributed by atoms with Gasteiger partial charge >= 0.3 is 0 Å². The average Bonchev–Trinajstić information content (AvgIpc) is 2.72. The molecule has 2 rings (SSSR count). The first kappa shape index (κ1) is 9.77. The van der Waals surface area contributed by atoms with E-state index in [1.807, 2.05) is 17.8 Å². The van der Waals surface area contributed by atoms with Crippen LogP contribution in [0.15, 0.2) is 12.3 Å². The number of thioether (sulfide) groups is 1. The van der Waals surface area contributed by atoms with E-state index in [0.717, 1.165) is 24.3 Å². The van der Waals surface area contributed by atoms with E-state index in [9.17, 15) is 4.79 Å². The van der Waals surface area contributed by atoms with Gasteiger partial charge in [0.2, 0.25) is 0 Å². The number of aryl methyl sites for hydroxylation is 2. The standard InChI is InChI=1S/C10H14N2OS/c1-12-9(4-5-11-12)3-2-8-6-14-7-10(8)13/h4-5,8H,2-3,6-7H2,1H3. The van der Waals surface area contributed by atoms with Crippen LogP contribution < -0.4 is 0 Å². The SMILES string of the molecule is Cn1nccc1CCC1CSCC1=O. The van der Waals surface area contributed by atoms with Crippen LogP contribution in [-0.4, -0.2) is 27.1 Å². The minimum Gasteiger partial charge on any atom is -0.298 e. The van der Waals surface area contributed by atoms with E-state index in [0.29, 0.717) is 5.78 Å². The molecule has 0 bridgehead atoms. The summed E-state index contributed by atoms with van der Waals surface area (Å²) in [4.78, 5) is 11.4. The van der Waals surface area contributed by atoms with Crippen LogP contribution in [0.4, 0.5) is 0 Å². The molecule has 1 aliphatic rings. The number of carbonyl (C=O) groups excluding carboxylic acids is 1. The Hall–Kier alpha value is -0.770. The van der Waals surface area contributed by atoms with E-state index in [1.165, 1.54) is 5.69 Å². The molecule has 0 saturated carbocycles. The lowest BCUT2D eigenvalue weighted by Crippen LogP contribution is -2.12. The van der Waals surface area contributed by atoms with Crippen molar-refractivity contribution >= 4 is 17.5 Å². The van der Waals surface area contributed by atoms with E-state index in [2.05, 4.69) is 5.10 Å². The molecule has 1 saturated heterocycles. The first-order valence-corrected chi connectivity index (χ1v) is 6.00. The molecule has 0 radical (unpaired) electrons. The van der Waals surface area contributed by atoms with Crippen molar-refractivity contribution in [3.05, 3.63) is 18.0 Å². The van der Waals surface area contributed by atoms with Gasteiger partial charge in [-0.15, -0.1) is 0 Å². The molecule has 0 aliphatic carbocycles. The molecule has 2 heterocycles. The van der Waals surface area contributed by atoms with Crippen LogP contribution >= 0.6 is 11.8 Å². The van der Waals surface area contributed by atoms with Crippen LogP contribution in [-0.2, 0) is 18.3 Å². The summed E-state index contributed by atoms with van der Waals surface area (Å²) in [6.45, 7) is 0. The Morgan fingerprint density at radius 3 is 3.14 bits per heavy atom. The number of hydrogen-bond acceptors (Lipinski definition) is 3. The van der Waals surface area contributed by atoms with Gasteiger partial charge in [0.25, 0.3) is 0 Å². The minimum atomic E-state index is 0.287. The fraction of sp³-hybridized carbons (Fsp3) is 0.600. The van der Waals surface area contributed by atoms with Crippen LogP contribution in [0.2, 0.25) is 0 Å². The highest BCUT2D eigenvalue weighted by Gasteiger charge is 2.24. The second kappa shape index (κ2) is 4.17. The maximum absolute atomic E-state index is 11.4. The van der Waals surface area contributed by atoms with Gasteiger partial charge in [0.1, 0.15) is 5.78 Å². The largest absolute Gasteiger partial charge is 0.298 e. The third-order valence-electron chi connectivity index (χ3n) is 2.69. The summed E-state index contributed by atoms with van der Waals surface area (Å²) < 4.78 is 1.88. The second-order valence-electron chi connectivity index (χ2n) is 3.66. The molecule has 0 amide bonds. The van der Waals surface area contributed by atoms with Gasteiger partial charge in [0.15, 0.2) is 0 Å². The zero-order chi connectivity index (χ0) is 9.97. The first-order chi connectivity index (χ1) is 6.77. The average molecular weight is 210 g/mol. The highest BCUT2D eigenvalue weighted by Crippen LogP contribution is 2.24. The van der Waals surface area contributed by atoms with Gasteiger partial charge in [0.05, 0.1) is 5.75 Å². The zero-order valence-electron chi connectivity index (χ0n) is 8.27. The van der Waals surface area contributed by atoms with Crippen LogP contribution in [0.1, 0.15) is 12.1 Å². The minimum absolute atomic E-state index is 0.287. The van der Waals surface area contributed by atoms with Crippen molar-refractivity contribution in [2.75, 3.05) is 11.5 Å². The van der Waals surface area contributed by atoms with Gasteiger partial charge in [-0.3, -0.25) is 9.48 Å². The molecule has 0 aromatic carbocycles. The van der Waals surface area contributed by atoms with Crippen molar-refractivity contribution in [2.45, 2.75) is 12.8 Å². The maximum Gasteiger partial charge on any atom is 0.146 e. The van der Waals surface area contributed by atoms with Crippen molar-refractivity contribution in [3.8, 4) is 0 Å². The second-order valence-corrected chi connectivity index (χ2v) is 4.69. The van der Waals surface area contributed by atoms with Gasteiger partial charge in [-0.25, -0.2) is 0 Å². The molecule has 0 N–H and O–H groups in total. The molecule has 1 aromatic rings. The molecule has 3 nitrogen and oxygen atoms in total. The Labute approximate surface area is 87.9 Å². The normalized spacial score (nSPS) is 21.8. The number of carbonyl (C=O) groups is 1. The lowest BCUT2D eigenvalue weighted by atomic mass is 10.0. The Morgan fingerprint density at radius 2 is 2.57 bits per heavy atom. The van der Waals surface area contributed by atoms with E-state index in [4.69, 9.17) is 0 Å². The predicted molar refractivity (Wildman–Crippen MR) is 57.4 cm³/mol. The number of hydrogen-bond donors (Lipinski definition) is 0. The molecular formula is C10H14N2OS. The zero-order valence-corrected chi connectivity index (χ0v) is 9.09. The lowest BCUT2D eigenvalue weighted by Gasteiger charge is -2.06. The molecule has 1 aliphatic heterocycles. The number of ketones is 1. The van der Waals surface area contributed by atoms with Crippen LogP contribution in [0.3, 0.4) is 0 Å². The maximum atomic E-state index is 11.4. The van der Waals surface area contributed by atoms with E-state index >= 15 is 0 Å². The van der Waals surface area contributed by atoms with Crippen molar-refractivity contribution in [1.29, 1.82) is 0 Å². The third kappa shape index (κ3) is 2.00. The fourth-order valence-electron chi connectivity index (χ4n) is 1.73. The molecule has 1 unspecified atom stereocenters. The Kier molecular flexibility index (Phi) is 2.91. The van der Waals surface area contributed by atoms with Crippen LogP contribution in [0, 0.1) is 5.92 Å². The van der Waals surface area contributed by atoms with E-state index < -0.39 is 0 Å². The van der Waals surface area contributed by atoms with Gasteiger partial charge in [-0.05, 0) is 18.9 Å². The summed E-state index contributed by atoms with van der Waals surface area (Å²) in [7, 11) is 1.94. The molecule has 0 spiro atoms. The molecule has 4 heteroatoms. The topological polar surface area (TPSA) is 34.9 Å². The Bertz CT molecular complexity index is 335. The van der Waals surface area contributed by atoms with Gasteiger partial charge in [-0.2, -0.15) is 16.9 Å². The summed E-state index contributed by atoms with van der Waals surface area (Å²) in [5, 5.41) is 4.11. The third-order valence-corrected chi connectivity index (χ3v) is 3.82. The summed E-state index contributed by atoms with van der Waals surface area (Å²) >= 11 is 1.76. The Balaban J connectivity index is 1.88. The van der Waals surface area contributed by atoms with Crippen molar-refractivity contribution < 1.29 is 4.79 Å². The van der Waals surface area contributed by atoms with Gasteiger partial charge in [-0.1, -0.05) is 0 Å². The first-order valence-electron chi connectivity index (χ1n) is 4.84. The number of Topliss-reactive ketones (excluding diaryl/α,β-unsaturated/α-hetero) is 1. The van der Waals surface area contributed by atoms with E-state index in [-0.39, 0.29) is 5.92 Å². The van der Waals surface area contributed by atoms with Crippen molar-refractivity contribution in [3.63, 3.8) is 0 Å². The molecular weight excluding hydrogens is 196 g/mol. The molecule has 14 heavy (non-hydrogen) atoms. The fourth-order valence-corrected chi connectivity index (χ4v) is 2.92. The summed E-state index contributed by atoms with van der Waals surface area (Å²) in [6, 6.07) is 2.02. The monoisotopic (exact) mass is 210 g/mol. The molecule has 1 fully saturated rings. The van der Waals surface area contributed by atoms with Gasteiger partial charge in [0, 0.05) is 30.6 Å². The molecule has 1 atom stereocenters. The summed E-state index contributed by atoms with van der Waals surface area (Å²) in [5.74, 6) is 2.44. The molecule has 1 aromatic heterocycles. The molecule has 76 valence electrons. The predicted octanol–water partition coefficient (Wildman–Crippen LogP) is 1.28. The van der Waals surface area contributed by atoms with E-state index in [1.54, 1.807) is 18.0 Å². The smallest absolute Gasteiger partial charge is 0.146 e. The van der Waals surface area contributed by atoms with Gasteiger partial charge < -0.3 is 0 Å². The number of nitrogens with zero attached hydrogens (tertiary/aromatic N) is 2. The number of rotatable bonds is 3. The van der Waals surface area contributed by atoms with Crippen molar-refractivity contribution in [2.24, 2.45) is 13.0 Å². The number of aromatic nitrogens is 2. The van der Waals surface area contributed by atoms with Crippen LogP contribution in [0.5, 0.6) is 0 Å². The Morgan fingerprint density at radius 1 is 1.71 bits per heavy atom. The quantitative estimate of drug-likeness (QED) is 0.754. The highest BCUT2D eigenvalue weighted by molar-refractivity contribution is 8.00. The highest BCUT2D eigenvalue weighted by atomic mass is 32.2. The lowest BCUT2D eigenvalue weighted by molar-refractivity contribution is -0.119.